The van der Waals surface area contributed by atoms with Crippen molar-refractivity contribution in [3.05, 3.63) is 47.0 Å². The molecule has 0 aliphatic heterocycles. The monoisotopic (exact) mass is 310 g/mol. The normalized spacial score (nSPS) is 12.4. The number of ether oxygens (including phenoxy) is 2. The van der Waals surface area contributed by atoms with Gasteiger partial charge in [0.15, 0.2) is 0 Å². The maximum Gasteiger partial charge on any atom is 0.331 e. The molecule has 0 aliphatic rings. The van der Waals surface area contributed by atoms with Gasteiger partial charge in [-0.1, -0.05) is 37.6 Å². The molecule has 1 rings (SSSR count). The van der Waals surface area contributed by atoms with Gasteiger partial charge in [-0.3, -0.25) is 0 Å². The van der Waals surface area contributed by atoms with Crippen molar-refractivity contribution < 1.29 is 19.1 Å². The molecule has 0 fully saturated rings. The summed E-state index contributed by atoms with van der Waals surface area (Å²) in [6.45, 7) is 5.82. The van der Waals surface area contributed by atoms with E-state index in [1.165, 1.54) is 0 Å². The first-order chi connectivity index (χ1) is 9.88. The minimum absolute atomic E-state index is 0.123. The lowest BCUT2D eigenvalue weighted by Gasteiger charge is -2.14. The second-order valence-electron chi connectivity index (χ2n) is 4.95. The smallest absolute Gasteiger partial charge is 0.331 e. The van der Waals surface area contributed by atoms with Crippen LogP contribution in [0.15, 0.2) is 36.4 Å². The van der Waals surface area contributed by atoms with E-state index in [1.54, 1.807) is 31.2 Å². The summed E-state index contributed by atoms with van der Waals surface area (Å²) in [6, 6.07) is 6.95. The molecule has 1 atom stereocenters. The lowest BCUT2D eigenvalue weighted by atomic mass is 10.1. The van der Waals surface area contributed by atoms with Crippen molar-refractivity contribution in [2.45, 2.75) is 33.5 Å². The maximum absolute atomic E-state index is 11.5. The minimum Gasteiger partial charge on any atom is -0.459 e. The Hall–Kier alpha value is -1.81. The SMILES string of the molecule is CC(C)C(C)OC(=O)/C=C/C(=O)OCc1ccc(Cl)cc1. The van der Waals surface area contributed by atoms with Crippen LogP contribution in [0.3, 0.4) is 0 Å². The van der Waals surface area contributed by atoms with E-state index in [-0.39, 0.29) is 18.6 Å². The first kappa shape index (κ1) is 17.2. The molecule has 0 saturated carbocycles. The fourth-order valence-electron chi connectivity index (χ4n) is 1.28. The summed E-state index contributed by atoms with van der Waals surface area (Å²) in [5, 5.41) is 0.618. The molecule has 1 aromatic rings. The zero-order valence-electron chi connectivity index (χ0n) is 12.3. The average Bonchev–Trinajstić information content (AvgIpc) is 2.44. The summed E-state index contributed by atoms with van der Waals surface area (Å²) < 4.78 is 10.1. The Kier molecular flexibility index (Phi) is 6.96. The molecule has 0 aromatic heterocycles. The van der Waals surface area contributed by atoms with Crippen molar-refractivity contribution >= 4 is 23.5 Å². The van der Waals surface area contributed by atoms with E-state index in [0.29, 0.717) is 5.02 Å². The number of benzene rings is 1. The molecule has 0 aliphatic carbocycles. The van der Waals surface area contributed by atoms with Gasteiger partial charge in [0.25, 0.3) is 0 Å². The van der Waals surface area contributed by atoms with Gasteiger partial charge in [-0.25, -0.2) is 9.59 Å². The molecule has 0 bridgehead atoms. The van der Waals surface area contributed by atoms with Crippen molar-refractivity contribution in [1.29, 1.82) is 0 Å². The number of hydrogen-bond donors (Lipinski definition) is 0. The lowest BCUT2D eigenvalue weighted by molar-refractivity contribution is -0.145. The summed E-state index contributed by atoms with van der Waals surface area (Å²) >= 11 is 5.75. The zero-order valence-corrected chi connectivity index (χ0v) is 13.1. The molecular weight excluding hydrogens is 292 g/mol. The van der Waals surface area contributed by atoms with Crippen LogP contribution in [0, 0.1) is 5.92 Å². The van der Waals surface area contributed by atoms with Gasteiger partial charge in [0.1, 0.15) is 12.7 Å². The Morgan fingerprint density at radius 2 is 1.67 bits per heavy atom. The van der Waals surface area contributed by atoms with E-state index in [2.05, 4.69) is 0 Å². The molecule has 5 heteroatoms. The van der Waals surface area contributed by atoms with Crippen molar-refractivity contribution in [3.8, 4) is 0 Å². The van der Waals surface area contributed by atoms with Crippen LogP contribution >= 0.6 is 11.6 Å². The van der Waals surface area contributed by atoms with Gasteiger partial charge in [-0.05, 0) is 30.5 Å². The summed E-state index contributed by atoms with van der Waals surface area (Å²) in [4.78, 5) is 22.9. The predicted octanol–water partition coefficient (Wildman–Crippen LogP) is 3.53. The van der Waals surface area contributed by atoms with Gasteiger partial charge in [0.05, 0.1) is 0 Å². The van der Waals surface area contributed by atoms with E-state index in [9.17, 15) is 9.59 Å². The van der Waals surface area contributed by atoms with Crippen LogP contribution in [-0.4, -0.2) is 18.0 Å². The van der Waals surface area contributed by atoms with Gasteiger partial charge in [0, 0.05) is 17.2 Å². The van der Waals surface area contributed by atoms with E-state index in [4.69, 9.17) is 21.1 Å². The largest absolute Gasteiger partial charge is 0.459 e. The van der Waals surface area contributed by atoms with E-state index < -0.39 is 11.9 Å². The molecule has 0 N–H and O–H groups in total. The van der Waals surface area contributed by atoms with Crippen molar-refractivity contribution in [3.63, 3.8) is 0 Å². The third-order valence-corrected chi connectivity index (χ3v) is 3.14. The Morgan fingerprint density at radius 1 is 1.10 bits per heavy atom. The molecular formula is C16H19ClO4. The minimum atomic E-state index is -0.598. The standard InChI is InChI=1S/C16H19ClO4/c1-11(2)12(3)21-16(19)9-8-15(18)20-10-13-4-6-14(17)7-5-13/h4-9,11-12H,10H2,1-3H3/b9-8+. The Balaban J connectivity index is 2.37. The number of carbonyl (C=O) groups is 2. The van der Waals surface area contributed by atoms with E-state index in [1.807, 2.05) is 13.8 Å². The molecule has 0 spiro atoms. The number of rotatable bonds is 6. The Bertz CT molecular complexity index is 506. The molecule has 1 unspecified atom stereocenters. The maximum atomic E-state index is 11.5. The first-order valence-electron chi connectivity index (χ1n) is 6.68. The Labute approximate surface area is 129 Å². The van der Waals surface area contributed by atoms with Gasteiger partial charge >= 0.3 is 11.9 Å². The van der Waals surface area contributed by atoms with Crippen LogP contribution in [0.25, 0.3) is 0 Å². The second-order valence-corrected chi connectivity index (χ2v) is 5.39. The number of hydrogen-bond acceptors (Lipinski definition) is 4. The lowest BCUT2D eigenvalue weighted by Crippen LogP contribution is -2.19. The topological polar surface area (TPSA) is 52.6 Å². The summed E-state index contributed by atoms with van der Waals surface area (Å²) in [5.41, 5.74) is 0.817. The molecule has 21 heavy (non-hydrogen) atoms. The summed E-state index contributed by atoms with van der Waals surface area (Å²) in [5.74, 6) is -0.932. The molecule has 0 amide bonds. The highest BCUT2D eigenvalue weighted by Crippen LogP contribution is 2.10. The molecule has 0 heterocycles. The van der Waals surface area contributed by atoms with Crippen LogP contribution in [0.2, 0.25) is 5.02 Å². The molecule has 4 nitrogen and oxygen atoms in total. The second kappa shape index (κ2) is 8.47. The van der Waals surface area contributed by atoms with Gasteiger partial charge in [-0.15, -0.1) is 0 Å². The highest BCUT2D eigenvalue weighted by Gasteiger charge is 2.11. The average molecular weight is 311 g/mol. The number of esters is 2. The van der Waals surface area contributed by atoms with Gasteiger partial charge in [-0.2, -0.15) is 0 Å². The van der Waals surface area contributed by atoms with Crippen molar-refractivity contribution in [2.75, 3.05) is 0 Å². The van der Waals surface area contributed by atoms with E-state index >= 15 is 0 Å². The van der Waals surface area contributed by atoms with Crippen molar-refractivity contribution in [2.24, 2.45) is 5.92 Å². The molecule has 0 saturated heterocycles. The quantitative estimate of drug-likeness (QED) is 0.596. The van der Waals surface area contributed by atoms with Crippen LogP contribution < -0.4 is 0 Å². The third kappa shape index (κ3) is 6.95. The van der Waals surface area contributed by atoms with Crippen LogP contribution in [0.5, 0.6) is 0 Å². The number of carbonyl (C=O) groups excluding carboxylic acids is 2. The summed E-state index contributed by atoms with van der Waals surface area (Å²) in [6.07, 6.45) is 1.93. The van der Waals surface area contributed by atoms with Crippen LogP contribution in [0.1, 0.15) is 26.3 Å². The van der Waals surface area contributed by atoms with Crippen LogP contribution in [-0.2, 0) is 25.7 Å². The van der Waals surface area contributed by atoms with Gasteiger partial charge < -0.3 is 9.47 Å². The fourth-order valence-corrected chi connectivity index (χ4v) is 1.40. The first-order valence-corrected chi connectivity index (χ1v) is 7.06. The molecule has 114 valence electrons. The zero-order chi connectivity index (χ0) is 15.8. The van der Waals surface area contributed by atoms with Gasteiger partial charge in [0.2, 0.25) is 0 Å². The summed E-state index contributed by atoms with van der Waals surface area (Å²) in [7, 11) is 0. The third-order valence-electron chi connectivity index (χ3n) is 2.89. The highest BCUT2D eigenvalue weighted by molar-refractivity contribution is 6.30. The predicted molar refractivity (Wildman–Crippen MR) is 80.8 cm³/mol. The fraction of sp³-hybridized carbons (Fsp3) is 0.375. The van der Waals surface area contributed by atoms with Crippen LogP contribution in [0.4, 0.5) is 0 Å². The van der Waals surface area contributed by atoms with Crippen molar-refractivity contribution in [1.82, 2.24) is 0 Å². The number of halogens is 1. The Morgan fingerprint density at radius 3 is 2.24 bits per heavy atom. The highest BCUT2D eigenvalue weighted by atomic mass is 35.5. The van der Waals surface area contributed by atoms with E-state index in [0.717, 1.165) is 17.7 Å². The molecule has 1 aromatic carbocycles. The molecule has 0 radical (unpaired) electrons.